The Morgan fingerprint density at radius 1 is 1.27 bits per heavy atom. The lowest BCUT2D eigenvalue weighted by Gasteiger charge is -2.12. The average molecular weight is 336 g/mol. The fourth-order valence-electron chi connectivity index (χ4n) is 1.51. The molecule has 1 unspecified atom stereocenters. The van der Waals surface area contributed by atoms with Gasteiger partial charge in [0.15, 0.2) is 0 Å². The summed E-state index contributed by atoms with van der Waals surface area (Å²) in [5, 5.41) is 9.97. The van der Waals surface area contributed by atoms with E-state index in [-0.39, 0.29) is 6.10 Å². The fraction of sp³-hybridized carbons (Fsp3) is 0.500. The molecule has 0 spiro atoms. The van der Waals surface area contributed by atoms with Crippen LogP contribution in [0.2, 0.25) is 0 Å². The van der Waals surface area contributed by atoms with E-state index in [1.807, 2.05) is 18.2 Å². The van der Waals surface area contributed by atoms with E-state index in [1.54, 1.807) is 0 Å². The first kappa shape index (κ1) is 13.2. The molecule has 0 aromatic heterocycles. The van der Waals surface area contributed by atoms with Gasteiger partial charge >= 0.3 is 0 Å². The molecular formula is C12H16Br2O. The standard InChI is InChI=1S/C12H16Br2O/c1-2-3-4-5-12(15)10-7-6-9(13)8-11(10)14/h6-8,12,15H,2-5H2,1H3. The Labute approximate surface area is 108 Å². The third-order valence-corrected chi connectivity index (χ3v) is 3.58. The van der Waals surface area contributed by atoms with E-state index < -0.39 is 0 Å². The van der Waals surface area contributed by atoms with Gasteiger partial charge in [-0.05, 0) is 24.1 Å². The van der Waals surface area contributed by atoms with Crippen molar-refractivity contribution in [3.8, 4) is 0 Å². The zero-order valence-corrected chi connectivity index (χ0v) is 12.0. The molecule has 0 fully saturated rings. The summed E-state index contributed by atoms with van der Waals surface area (Å²) in [5.41, 5.74) is 0.981. The van der Waals surface area contributed by atoms with Gasteiger partial charge in [-0.25, -0.2) is 0 Å². The normalized spacial score (nSPS) is 12.8. The summed E-state index contributed by atoms with van der Waals surface area (Å²) >= 11 is 6.86. The van der Waals surface area contributed by atoms with Crippen molar-refractivity contribution in [2.45, 2.75) is 38.7 Å². The Bertz CT molecular complexity index is 312. The summed E-state index contributed by atoms with van der Waals surface area (Å²) < 4.78 is 2.00. The summed E-state index contributed by atoms with van der Waals surface area (Å²) in [5.74, 6) is 0. The highest BCUT2D eigenvalue weighted by molar-refractivity contribution is 9.11. The van der Waals surface area contributed by atoms with Crippen LogP contribution in [0.25, 0.3) is 0 Å². The number of hydrogen-bond donors (Lipinski definition) is 1. The molecule has 1 nitrogen and oxygen atoms in total. The van der Waals surface area contributed by atoms with Crippen LogP contribution in [0.15, 0.2) is 27.1 Å². The molecule has 1 N–H and O–H groups in total. The Balaban J connectivity index is 2.61. The first-order chi connectivity index (χ1) is 7.15. The summed E-state index contributed by atoms with van der Waals surface area (Å²) in [7, 11) is 0. The van der Waals surface area contributed by atoms with Gasteiger partial charge in [-0.15, -0.1) is 0 Å². The maximum Gasteiger partial charge on any atom is 0.0801 e. The first-order valence-electron chi connectivity index (χ1n) is 5.28. The zero-order valence-electron chi connectivity index (χ0n) is 8.84. The molecule has 1 aromatic rings. The molecule has 0 saturated carbocycles. The molecule has 0 amide bonds. The average Bonchev–Trinajstić information content (AvgIpc) is 2.17. The second-order valence-corrected chi connectivity index (χ2v) is 5.45. The van der Waals surface area contributed by atoms with Crippen molar-refractivity contribution in [3.05, 3.63) is 32.7 Å². The quantitative estimate of drug-likeness (QED) is 0.764. The molecule has 0 saturated heterocycles. The van der Waals surface area contributed by atoms with Crippen molar-refractivity contribution >= 4 is 31.9 Å². The summed E-state index contributed by atoms with van der Waals surface area (Å²) in [6.07, 6.45) is 3.95. The van der Waals surface area contributed by atoms with E-state index in [1.165, 1.54) is 12.8 Å². The lowest BCUT2D eigenvalue weighted by molar-refractivity contribution is 0.163. The van der Waals surface area contributed by atoms with Crippen LogP contribution in [0.4, 0.5) is 0 Å². The van der Waals surface area contributed by atoms with Crippen LogP contribution in [-0.4, -0.2) is 5.11 Å². The zero-order chi connectivity index (χ0) is 11.3. The summed E-state index contributed by atoms with van der Waals surface area (Å²) in [4.78, 5) is 0. The van der Waals surface area contributed by atoms with Gasteiger partial charge in [0.25, 0.3) is 0 Å². The van der Waals surface area contributed by atoms with Crippen LogP contribution in [0.1, 0.15) is 44.3 Å². The van der Waals surface area contributed by atoms with Crippen molar-refractivity contribution in [1.82, 2.24) is 0 Å². The predicted molar refractivity (Wildman–Crippen MR) is 70.9 cm³/mol. The van der Waals surface area contributed by atoms with Crippen LogP contribution >= 0.6 is 31.9 Å². The second-order valence-electron chi connectivity index (χ2n) is 3.68. The van der Waals surface area contributed by atoms with Crippen LogP contribution in [0.5, 0.6) is 0 Å². The molecule has 0 aliphatic carbocycles. The van der Waals surface area contributed by atoms with Crippen LogP contribution < -0.4 is 0 Å². The van der Waals surface area contributed by atoms with Crippen LogP contribution in [0.3, 0.4) is 0 Å². The Morgan fingerprint density at radius 3 is 2.60 bits per heavy atom. The van der Waals surface area contributed by atoms with E-state index >= 15 is 0 Å². The lowest BCUT2D eigenvalue weighted by atomic mass is 10.0. The minimum Gasteiger partial charge on any atom is -0.388 e. The van der Waals surface area contributed by atoms with E-state index in [0.717, 1.165) is 27.4 Å². The van der Waals surface area contributed by atoms with Crippen molar-refractivity contribution in [2.24, 2.45) is 0 Å². The van der Waals surface area contributed by atoms with Crippen molar-refractivity contribution in [3.63, 3.8) is 0 Å². The molecule has 84 valence electrons. The van der Waals surface area contributed by atoms with Gasteiger partial charge in [0.1, 0.15) is 0 Å². The highest BCUT2D eigenvalue weighted by Gasteiger charge is 2.10. The van der Waals surface area contributed by atoms with E-state index in [4.69, 9.17) is 0 Å². The third kappa shape index (κ3) is 4.25. The Hall–Kier alpha value is 0.140. The molecule has 15 heavy (non-hydrogen) atoms. The van der Waals surface area contributed by atoms with Crippen molar-refractivity contribution in [2.75, 3.05) is 0 Å². The second kappa shape index (κ2) is 6.66. The maximum absolute atomic E-state index is 9.97. The van der Waals surface area contributed by atoms with Gasteiger partial charge in [0.05, 0.1) is 6.10 Å². The number of benzene rings is 1. The van der Waals surface area contributed by atoms with E-state index in [2.05, 4.69) is 38.8 Å². The molecule has 0 radical (unpaired) electrons. The monoisotopic (exact) mass is 334 g/mol. The van der Waals surface area contributed by atoms with Gasteiger partial charge in [0.2, 0.25) is 0 Å². The third-order valence-electron chi connectivity index (χ3n) is 2.40. The highest BCUT2D eigenvalue weighted by atomic mass is 79.9. The Kier molecular flexibility index (Phi) is 5.87. The van der Waals surface area contributed by atoms with Gasteiger partial charge in [-0.1, -0.05) is 64.1 Å². The number of unbranched alkanes of at least 4 members (excludes halogenated alkanes) is 2. The lowest BCUT2D eigenvalue weighted by Crippen LogP contribution is -1.98. The van der Waals surface area contributed by atoms with Crippen molar-refractivity contribution < 1.29 is 5.11 Å². The summed E-state index contributed by atoms with van der Waals surface area (Å²) in [6.45, 7) is 2.17. The Morgan fingerprint density at radius 2 is 2.00 bits per heavy atom. The van der Waals surface area contributed by atoms with E-state index in [9.17, 15) is 5.11 Å². The highest BCUT2D eigenvalue weighted by Crippen LogP contribution is 2.29. The van der Waals surface area contributed by atoms with Crippen LogP contribution in [-0.2, 0) is 0 Å². The minimum absolute atomic E-state index is 0.348. The topological polar surface area (TPSA) is 20.2 Å². The molecular weight excluding hydrogens is 320 g/mol. The maximum atomic E-state index is 9.97. The molecule has 3 heteroatoms. The molecule has 1 atom stereocenters. The number of hydrogen-bond acceptors (Lipinski definition) is 1. The minimum atomic E-state index is -0.348. The van der Waals surface area contributed by atoms with Crippen LogP contribution in [0, 0.1) is 0 Å². The molecule has 0 heterocycles. The molecule has 0 aliphatic rings. The molecule has 0 aliphatic heterocycles. The smallest absolute Gasteiger partial charge is 0.0801 e. The SMILES string of the molecule is CCCCCC(O)c1ccc(Br)cc1Br. The molecule has 1 rings (SSSR count). The van der Waals surface area contributed by atoms with Gasteiger partial charge in [-0.3, -0.25) is 0 Å². The number of aliphatic hydroxyl groups is 1. The van der Waals surface area contributed by atoms with Gasteiger partial charge in [0, 0.05) is 8.95 Å². The van der Waals surface area contributed by atoms with E-state index in [0.29, 0.717) is 0 Å². The first-order valence-corrected chi connectivity index (χ1v) is 6.86. The number of aliphatic hydroxyl groups excluding tert-OH is 1. The molecule has 1 aromatic carbocycles. The fourth-order valence-corrected chi connectivity index (χ4v) is 2.83. The predicted octanol–water partition coefficient (Wildman–Crippen LogP) is 4.83. The number of halogens is 2. The summed E-state index contributed by atoms with van der Waals surface area (Å²) in [6, 6.07) is 5.90. The van der Waals surface area contributed by atoms with Gasteiger partial charge < -0.3 is 5.11 Å². The largest absolute Gasteiger partial charge is 0.388 e. The molecule has 0 bridgehead atoms. The van der Waals surface area contributed by atoms with Gasteiger partial charge in [-0.2, -0.15) is 0 Å². The van der Waals surface area contributed by atoms with Crippen molar-refractivity contribution in [1.29, 1.82) is 0 Å². The number of rotatable bonds is 5.